The second kappa shape index (κ2) is 6.35. The SMILES string of the molecule is Cc1occc1C(=O)N1CC[C@@H]2[C@H]1CCC(=O)N2Cc1cccnc1. The fraction of sp³-hybridized carbons (Fsp3) is 0.421. The van der Waals surface area contributed by atoms with E-state index in [4.69, 9.17) is 4.42 Å². The fourth-order valence-electron chi connectivity index (χ4n) is 4.06. The third kappa shape index (κ3) is 2.81. The average Bonchev–Trinajstić information content (AvgIpc) is 3.24. The van der Waals surface area contributed by atoms with Gasteiger partial charge in [-0.15, -0.1) is 0 Å². The van der Waals surface area contributed by atoms with Crippen LogP contribution < -0.4 is 0 Å². The number of rotatable bonds is 3. The van der Waals surface area contributed by atoms with Crippen LogP contribution in [0.2, 0.25) is 0 Å². The smallest absolute Gasteiger partial charge is 0.257 e. The molecule has 0 spiro atoms. The summed E-state index contributed by atoms with van der Waals surface area (Å²) in [4.78, 5) is 33.4. The zero-order valence-corrected chi connectivity index (χ0v) is 14.2. The number of carbonyl (C=O) groups is 2. The van der Waals surface area contributed by atoms with Crippen LogP contribution in [-0.2, 0) is 11.3 Å². The van der Waals surface area contributed by atoms with Crippen LogP contribution in [0.15, 0.2) is 41.3 Å². The molecule has 0 aromatic carbocycles. The number of aryl methyl sites for hydroxylation is 1. The summed E-state index contributed by atoms with van der Waals surface area (Å²) in [7, 11) is 0. The predicted molar refractivity (Wildman–Crippen MR) is 90.7 cm³/mol. The van der Waals surface area contributed by atoms with E-state index in [2.05, 4.69) is 4.98 Å². The van der Waals surface area contributed by atoms with Crippen LogP contribution in [0.5, 0.6) is 0 Å². The highest BCUT2D eigenvalue weighted by Gasteiger charge is 2.45. The van der Waals surface area contributed by atoms with Crippen LogP contribution in [0.3, 0.4) is 0 Å². The van der Waals surface area contributed by atoms with Crippen molar-refractivity contribution < 1.29 is 14.0 Å². The second-order valence-electron chi connectivity index (χ2n) is 6.73. The van der Waals surface area contributed by atoms with E-state index in [0.29, 0.717) is 30.8 Å². The van der Waals surface area contributed by atoms with Crippen molar-refractivity contribution in [1.82, 2.24) is 14.8 Å². The molecule has 2 amide bonds. The van der Waals surface area contributed by atoms with Crippen molar-refractivity contribution in [3.63, 3.8) is 0 Å². The molecule has 0 radical (unpaired) electrons. The van der Waals surface area contributed by atoms with Gasteiger partial charge in [-0.05, 0) is 37.5 Å². The van der Waals surface area contributed by atoms with Crippen molar-refractivity contribution in [3.05, 3.63) is 53.7 Å². The van der Waals surface area contributed by atoms with Crippen LogP contribution in [-0.4, -0.2) is 45.2 Å². The molecule has 6 heteroatoms. The van der Waals surface area contributed by atoms with Gasteiger partial charge in [-0.2, -0.15) is 0 Å². The normalized spacial score (nSPS) is 23.0. The number of furan rings is 1. The minimum Gasteiger partial charge on any atom is -0.469 e. The molecular formula is C19H21N3O3. The maximum atomic E-state index is 12.9. The van der Waals surface area contributed by atoms with Crippen molar-refractivity contribution >= 4 is 11.8 Å². The van der Waals surface area contributed by atoms with Gasteiger partial charge in [0.15, 0.2) is 0 Å². The Morgan fingerprint density at radius 1 is 1.32 bits per heavy atom. The topological polar surface area (TPSA) is 66.7 Å². The standard InChI is InChI=1S/C19H21N3O3/c1-13-15(7-10-25-13)19(24)21-9-6-17-16(21)4-5-18(23)22(17)12-14-3-2-8-20-11-14/h2-3,7-8,10-11,16-17H,4-6,9,12H2,1H3/t16-,17-/m1/s1. The predicted octanol–water partition coefficient (Wildman–Crippen LogP) is 2.39. The van der Waals surface area contributed by atoms with Crippen LogP contribution in [0.1, 0.15) is 40.9 Å². The number of pyridine rings is 1. The Kier molecular flexibility index (Phi) is 4.03. The van der Waals surface area contributed by atoms with Crippen molar-refractivity contribution in [3.8, 4) is 0 Å². The summed E-state index contributed by atoms with van der Waals surface area (Å²) in [6, 6.07) is 5.75. The molecule has 2 aliphatic heterocycles. The Morgan fingerprint density at radius 3 is 2.92 bits per heavy atom. The molecule has 4 rings (SSSR count). The van der Waals surface area contributed by atoms with Gasteiger partial charge in [-0.3, -0.25) is 14.6 Å². The summed E-state index contributed by atoms with van der Waals surface area (Å²) in [6.45, 7) is 3.04. The lowest BCUT2D eigenvalue weighted by atomic mass is 9.95. The summed E-state index contributed by atoms with van der Waals surface area (Å²) >= 11 is 0. The first-order valence-corrected chi connectivity index (χ1v) is 8.68. The minimum absolute atomic E-state index is 0.00873. The van der Waals surface area contributed by atoms with Gasteiger partial charge in [0, 0.05) is 31.9 Å². The van der Waals surface area contributed by atoms with Crippen LogP contribution >= 0.6 is 0 Å². The molecule has 0 N–H and O–H groups in total. The molecule has 0 bridgehead atoms. The maximum Gasteiger partial charge on any atom is 0.257 e. The highest BCUT2D eigenvalue weighted by atomic mass is 16.3. The third-order valence-electron chi connectivity index (χ3n) is 5.31. The van der Waals surface area contributed by atoms with E-state index in [0.717, 1.165) is 18.4 Å². The van der Waals surface area contributed by atoms with E-state index in [1.54, 1.807) is 31.6 Å². The van der Waals surface area contributed by atoms with Gasteiger partial charge in [0.25, 0.3) is 5.91 Å². The maximum absolute atomic E-state index is 12.9. The zero-order chi connectivity index (χ0) is 17.4. The van der Waals surface area contributed by atoms with Gasteiger partial charge in [0.05, 0.1) is 23.9 Å². The number of aromatic nitrogens is 1. The first-order chi connectivity index (χ1) is 12.1. The number of likely N-dealkylation sites (tertiary alicyclic amines) is 2. The van der Waals surface area contributed by atoms with Crippen molar-refractivity contribution in [1.29, 1.82) is 0 Å². The molecule has 2 aliphatic rings. The molecule has 2 saturated heterocycles. The molecule has 2 atom stereocenters. The molecule has 0 saturated carbocycles. The van der Waals surface area contributed by atoms with E-state index in [9.17, 15) is 9.59 Å². The third-order valence-corrected chi connectivity index (χ3v) is 5.31. The molecule has 25 heavy (non-hydrogen) atoms. The first kappa shape index (κ1) is 15.9. The quantitative estimate of drug-likeness (QED) is 0.861. The number of amides is 2. The largest absolute Gasteiger partial charge is 0.469 e. The summed E-state index contributed by atoms with van der Waals surface area (Å²) in [5.41, 5.74) is 1.64. The summed E-state index contributed by atoms with van der Waals surface area (Å²) in [6.07, 6.45) is 7.11. The Bertz CT molecular complexity index is 786. The lowest BCUT2D eigenvalue weighted by Gasteiger charge is -2.39. The van der Waals surface area contributed by atoms with Gasteiger partial charge >= 0.3 is 0 Å². The highest BCUT2D eigenvalue weighted by molar-refractivity contribution is 5.95. The minimum atomic E-state index is 0.00873. The van der Waals surface area contributed by atoms with E-state index in [1.807, 2.05) is 21.9 Å². The second-order valence-corrected chi connectivity index (χ2v) is 6.73. The number of hydrogen-bond acceptors (Lipinski definition) is 4. The highest BCUT2D eigenvalue weighted by Crippen LogP contribution is 2.33. The summed E-state index contributed by atoms with van der Waals surface area (Å²) in [5.74, 6) is 0.820. The average molecular weight is 339 g/mol. The van der Waals surface area contributed by atoms with E-state index < -0.39 is 0 Å². The number of piperidine rings is 1. The van der Waals surface area contributed by atoms with Gasteiger partial charge < -0.3 is 14.2 Å². The Hall–Kier alpha value is -2.63. The number of carbonyl (C=O) groups excluding carboxylic acids is 2. The molecule has 2 aromatic heterocycles. The van der Waals surface area contributed by atoms with E-state index in [-0.39, 0.29) is 23.9 Å². The Balaban J connectivity index is 1.55. The van der Waals surface area contributed by atoms with E-state index in [1.165, 1.54) is 0 Å². The van der Waals surface area contributed by atoms with Crippen molar-refractivity contribution in [2.24, 2.45) is 0 Å². The monoisotopic (exact) mass is 339 g/mol. The van der Waals surface area contributed by atoms with Crippen molar-refractivity contribution in [2.45, 2.75) is 44.8 Å². The van der Waals surface area contributed by atoms with Gasteiger partial charge in [-0.1, -0.05) is 6.07 Å². The fourth-order valence-corrected chi connectivity index (χ4v) is 4.06. The molecule has 0 unspecified atom stereocenters. The van der Waals surface area contributed by atoms with Crippen LogP contribution in [0.25, 0.3) is 0 Å². The van der Waals surface area contributed by atoms with Gasteiger partial charge in [-0.25, -0.2) is 0 Å². The van der Waals surface area contributed by atoms with Gasteiger partial charge in [0.2, 0.25) is 5.91 Å². The summed E-state index contributed by atoms with van der Waals surface area (Å²) in [5, 5.41) is 0. The lowest BCUT2D eigenvalue weighted by Crippen LogP contribution is -2.52. The molecule has 6 nitrogen and oxygen atoms in total. The molecule has 0 aliphatic carbocycles. The number of nitrogens with zero attached hydrogens (tertiary/aromatic N) is 3. The molecule has 2 aromatic rings. The molecule has 130 valence electrons. The van der Waals surface area contributed by atoms with Crippen LogP contribution in [0.4, 0.5) is 0 Å². The first-order valence-electron chi connectivity index (χ1n) is 8.68. The zero-order valence-electron chi connectivity index (χ0n) is 14.2. The Morgan fingerprint density at radius 2 is 2.20 bits per heavy atom. The molecule has 2 fully saturated rings. The molecule has 4 heterocycles. The van der Waals surface area contributed by atoms with E-state index >= 15 is 0 Å². The Labute approximate surface area is 146 Å². The van der Waals surface area contributed by atoms with Crippen LogP contribution in [0, 0.1) is 6.92 Å². The number of hydrogen-bond donors (Lipinski definition) is 0. The lowest BCUT2D eigenvalue weighted by molar-refractivity contribution is -0.138. The van der Waals surface area contributed by atoms with Crippen molar-refractivity contribution in [2.75, 3.05) is 6.54 Å². The molecular weight excluding hydrogens is 318 g/mol. The summed E-state index contributed by atoms with van der Waals surface area (Å²) < 4.78 is 5.28. The number of fused-ring (bicyclic) bond motifs is 1. The van der Waals surface area contributed by atoms with Gasteiger partial charge in [0.1, 0.15) is 5.76 Å².